The molecule has 1 rings (SSSR count). The minimum atomic E-state index is -0.375. The van der Waals surface area contributed by atoms with Gasteiger partial charge in [-0.2, -0.15) is 0 Å². The van der Waals surface area contributed by atoms with Crippen molar-refractivity contribution in [3.63, 3.8) is 0 Å². The van der Waals surface area contributed by atoms with Crippen molar-refractivity contribution < 1.29 is 13.9 Å². The van der Waals surface area contributed by atoms with E-state index >= 15 is 0 Å². The van der Waals surface area contributed by atoms with Crippen LogP contribution in [0.15, 0.2) is 12.1 Å². The van der Waals surface area contributed by atoms with Crippen molar-refractivity contribution in [2.75, 3.05) is 37.9 Å². The molecular weight excluding hydrogens is 223 g/mol. The summed E-state index contributed by atoms with van der Waals surface area (Å²) in [5.41, 5.74) is 6.27. The minimum absolute atomic E-state index is 0.296. The number of hydrogen-bond donors (Lipinski definition) is 2. The van der Waals surface area contributed by atoms with Crippen LogP contribution in [-0.4, -0.2) is 26.9 Å². The molecule has 96 valence electrons. The third kappa shape index (κ3) is 4.11. The van der Waals surface area contributed by atoms with E-state index in [0.717, 1.165) is 6.42 Å². The van der Waals surface area contributed by atoms with E-state index in [4.69, 9.17) is 15.2 Å². The minimum Gasteiger partial charge on any atom is -0.495 e. The zero-order valence-electron chi connectivity index (χ0n) is 10.3. The number of rotatable bonds is 7. The van der Waals surface area contributed by atoms with Crippen molar-refractivity contribution in [2.24, 2.45) is 0 Å². The Balaban J connectivity index is 2.52. The van der Waals surface area contributed by atoms with Crippen LogP contribution < -0.4 is 15.8 Å². The molecule has 0 fully saturated rings. The summed E-state index contributed by atoms with van der Waals surface area (Å²) >= 11 is 0. The van der Waals surface area contributed by atoms with Gasteiger partial charge in [0, 0.05) is 31.9 Å². The van der Waals surface area contributed by atoms with Crippen molar-refractivity contribution in [1.82, 2.24) is 0 Å². The molecule has 0 aliphatic carbocycles. The number of ether oxygens (including phenoxy) is 2. The smallest absolute Gasteiger partial charge is 0.148 e. The van der Waals surface area contributed by atoms with Crippen LogP contribution in [0.5, 0.6) is 5.75 Å². The monoisotopic (exact) mass is 242 g/mol. The molecule has 0 aliphatic heterocycles. The molecule has 0 aromatic heterocycles. The van der Waals surface area contributed by atoms with E-state index in [1.165, 1.54) is 13.2 Å². The average molecular weight is 242 g/mol. The molecule has 17 heavy (non-hydrogen) atoms. The van der Waals surface area contributed by atoms with Crippen molar-refractivity contribution in [3.8, 4) is 5.75 Å². The molecule has 0 saturated carbocycles. The van der Waals surface area contributed by atoms with Crippen LogP contribution in [0.2, 0.25) is 0 Å². The highest BCUT2D eigenvalue weighted by Gasteiger charge is 2.07. The lowest BCUT2D eigenvalue weighted by Gasteiger charge is -2.11. The molecule has 5 heteroatoms. The Morgan fingerprint density at radius 1 is 1.41 bits per heavy atom. The maximum atomic E-state index is 13.5. The van der Waals surface area contributed by atoms with E-state index in [9.17, 15) is 4.39 Å². The molecule has 4 nitrogen and oxygen atoms in total. The number of benzene rings is 1. The van der Waals surface area contributed by atoms with E-state index in [-0.39, 0.29) is 5.82 Å². The van der Waals surface area contributed by atoms with E-state index < -0.39 is 0 Å². The Hall–Kier alpha value is -1.49. The summed E-state index contributed by atoms with van der Waals surface area (Å²) in [6, 6.07) is 2.81. The number of nitrogens with two attached hydrogens (primary N) is 1. The number of nitrogens with one attached hydrogen (secondary N) is 1. The standard InChI is InChI=1S/C12H19FN2O2/c1-3-17-6-4-5-15-11-8-12(16-2)10(14)7-9(11)13/h7-8,15H,3-6,14H2,1-2H3. The molecule has 0 radical (unpaired) electrons. The maximum Gasteiger partial charge on any atom is 0.148 e. The van der Waals surface area contributed by atoms with Crippen LogP contribution in [0.4, 0.5) is 15.8 Å². The molecule has 0 saturated heterocycles. The molecule has 0 amide bonds. The van der Waals surface area contributed by atoms with Gasteiger partial charge in [0.05, 0.1) is 18.5 Å². The molecule has 0 aliphatic rings. The fraction of sp³-hybridized carbons (Fsp3) is 0.500. The van der Waals surface area contributed by atoms with E-state index in [0.29, 0.717) is 36.9 Å². The Bertz CT molecular complexity index is 359. The van der Waals surface area contributed by atoms with Gasteiger partial charge >= 0.3 is 0 Å². The predicted octanol–water partition coefficient (Wildman–Crippen LogP) is 2.25. The van der Waals surface area contributed by atoms with Crippen molar-refractivity contribution in [3.05, 3.63) is 17.9 Å². The fourth-order valence-electron chi connectivity index (χ4n) is 1.42. The number of nitrogen functional groups attached to an aromatic ring is 1. The van der Waals surface area contributed by atoms with Gasteiger partial charge in [-0.1, -0.05) is 0 Å². The van der Waals surface area contributed by atoms with Crippen LogP contribution in [0.25, 0.3) is 0 Å². The third-order valence-electron chi connectivity index (χ3n) is 2.30. The Morgan fingerprint density at radius 3 is 2.82 bits per heavy atom. The van der Waals surface area contributed by atoms with Crippen molar-refractivity contribution in [2.45, 2.75) is 13.3 Å². The second-order valence-electron chi connectivity index (χ2n) is 3.55. The number of anilines is 2. The average Bonchev–Trinajstić information content (AvgIpc) is 2.31. The second kappa shape index (κ2) is 6.96. The van der Waals surface area contributed by atoms with Gasteiger partial charge in [0.15, 0.2) is 0 Å². The van der Waals surface area contributed by atoms with Gasteiger partial charge in [-0.05, 0) is 13.3 Å². The summed E-state index contributed by atoms with van der Waals surface area (Å²) in [6.45, 7) is 3.95. The zero-order chi connectivity index (χ0) is 12.7. The van der Waals surface area contributed by atoms with Crippen LogP contribution in [0.3, 0.4) is 0 Å². The Morgan fingerprint density at radius 2 is 2.18 bits per heavy atom. The highest BCUT2D eigenvalue weighted by Crippen LogP contribution is 2.28. The number of hydrogen-bond acceptors (Lipinski definition) is 4. The molecule has 0 spiro atoms. The molecule has 1 aromatic carbocycles. The lowest BCUT2D eigenvalue weighted by Crippen LogP contribution is -2.07. The highest BCUT2D eigenvalue weighted by molar-refractivity contribution is 5.62. The van der Waals surface area contributed by atoms with Gasteiger partial charge in [-0.3, -0.25) is 0 Å². The molecular formula is C12H19FN2O2. The van der Waals surface area contributed by atoms with Gasteiger partial charge in [0.1, 0.15) is 11.6 Å². The Kier molecular flexibility index (Phi) is 5.56. The summed E-state index contributed by atoms with van der Waals surface area (Å²) in [5.74, 6) is 0.0958. The first-order chi connectivity index (χ1) is 8.19. The zero-order valence-corrected chi connectivity index (χ0v) is 10.3. The van der Waals surface area contributed by atoms with Gasteiger partial charge in [0.2, 0.25) is 0 Å². The summed E-state index contributed by atoms with van der Waals surface area (Å²) < 4.78 is 23.7. The van der Waals surface area contributed by atoms with Gasteiger partial charge in [-0.15, -0.1) is 0 Å². The largest absolute Gasteiger partial charge is 0.495 e. The van der Waals surface area contributed by atoms with Gasteiger partial charge in [0.25, 0.3) is 0 Å². The summed E-state index contributed by atoms with van der Waals surface area (Å²) in [6.07, 6.45) is 0.819. The number of methoxy groups -OCH3 is 1. The first kappa shape index (κ1) is 13.6. The normalized spacial score (nSPS) is 10.3. The second-order valence-corrected chi connectivity index (χ2v) is 3.55. The third-order valence-corrected chi connectivity index (χ3v) is 2.30. The first-order valence-electron chi connectivity index (χ1n) is 5.63. The number of halogens is 1. The molecule has 0 heterocycles. The van der Waals surface area contributed by atoms with Gasteiger partial charge < -0.3 is 20.5 Å². The predicted molar refractivity (Wildman–Crippen MR) is 67.0 cm³/mol. The molecule has 3 N–H and O–H groups in total. The first-order valence-corrected chi connectivity index (χ1v) is 5.63. The van der Waals surface area contributed by atoms with Crippen LogP contribution in [0.1, 0.15) is 13.3 Å². The Labute approximate surface area is 101 Å². The van der Waals surface area contributed by atoms with Crippen LogP contribution >= 0.6 is 0 Å². The van der Waals surface area contributed by atoms with Crippen molar-refractivity contribution in [1.29, 1.82) is 0 Å². The van der Waals surface area contributed by atoms with Gasteiger partial charge in [-0.25, -0.2) is 4.39 Å². The quantitative estimate of drug-likeness (QED) is 0.569. The molecule has 0 bridgehead atoms. The van der Waals surface area contributed by atoms with Crippen LogP contribution in [0, 0.1) is 5.82 Å². The van der Waals surface area contributed by atoms with E-state index in [1.54, 1.807) is 6.07 Å². The van der Waals surface area contributed by atoms with E-state index in [1.807, 2.05) is 6.92 Å². The summed E-state index contributed by atoms with van der Waals surface area (Å²) in [4.78, 5) is 0. The SMILES string of the molecule is CCOCCCNc1cc(OC)c(N)cc1F. The molecule has 1 aromatic rings. The summed E-state index contributed by atoms with van der Waals surface area (Å²) in [5, 5.41) is 2.98. The highest BCUT2D eigenvalue weighted by atomic mass is 19.1. The molecule has 0 unspecified atom stereocenters. The topological polar surface area (TPSA) is 56.5 Å². The fourth-order valence-corrected chi connectivity index (χ4v) is 1.42. The van der Waals surface area contributed by atoms with E-state index in [2.05, 4.69) is 5.32 Å². The van der Waals surface area contributed by atoms with Crippen molar-refractivity contribution >= 4 is 11.4 Å². The maximum absolute atomic E-state index is 13.5. The lowest BCUT2D eigenvalue weighted by molar-refractivity contribution is 0.147. The van der Waals surface area contributed by atoms with Crippen LogP contribution in [-0.2, 0) is 4.74 Å². The molecule has 0 atom stereocenters. The lowest BCUT2D eigenvalue weighted by atomic mass is 10.2. The summed E-state index contributed by atoms with van der Waals surface area (Å²) in [7, 11) is 1.50.